The van der Waals surface area contributed by atoms with Crippen molar-refractivity contribution in [3.05, 3.63) is 0 Å². The van der Waals surface area contributed by atoms with Crippen molar-refractivity contribution in [2.24, 2.45) is 5.73 Å². The summed E-state index contributed by atoms with van der Waals surface area (Å²) in [6.45, 7) is 1.08. The van der Waals surface area contributed by atoms with Crippen LogP contribution in [0, 0.1) is 0 Å². The van der Waals surface area contributed by atoms with Gasteiger partial charge in [-0.05, 0) is 6.92 Å². The van der Waals surface area contributed by atoms with Gasteiger partial charge in [-0.3, -0.25) is 14.4 Å². The third-order valence-electron chi connectivity index (χ3n) is 1.59. The van der Waals surface area contributed by atoms with Gasteiger partial charge in [0.1, 0.15) is 12.6 Å². The zero-order valence-electron chi connectivity index (χ0n) is 8.70. The Morgan fingerprint density at radius 1 is 1.40 bits per heavy atom. The van der Waals surface area contributed by atoms with Crippen molar-refractivity contribution in [3.8, 4) is 0 Å². The Labute approximate surface area is 87.3 Å². The maximum absolute atomic E-state index is 11.2. The fraction of sp³-hybridized carbons (Fsp3) is 0.625. The van der Waals surface area contributed by atoms with Crippen molar-refractivity contribution in [3.63, 3.8) is 0 Å². The van der Waals surface area contributed by atoms with Gasteiger partial charge in [-0.25, -0.2) is 0 Å². The molecule has 0 spiro atoms. The van der Waals surface area contributed by atoms with Gasteiger partial charge < -0.3 is 21.1 Å². The van der Waals surface area contributed by atoms with E-state index in [2.05, 4.69) is 15.4 Å². The highest BCUT2D eigenvalue weighted by Crippen LogP contribution is 1.82. The van der Waals surface area contributed by atoms with Crippen LogP contribution in [0.3, 0.4) is 0 Å². The van der Waals surface area contributed by atoms with Gasteiger partial charge in [-0.1, -0.05) is 0 Å². The standard InChI is InChI=1S/C8H15N3O4/c1-5(11-6(12)3-9)8(14)10-4-7(13)15-2/h5H,3-4,9H2,1-2H3,(H,10,14)(H,11,12). The monoisotopic (exact) mass is 217 g/mol. The first-order valence-corrected chi connectivity index (χ1v) is 4.35. The summed E-state index contributed by atoms with van der Waals surface area (Å²) < 4.78 is 4.32. The number of esters is 1. The first-order valence-electron chi connectivity index (χ1n) is 4.35. The first-order chi connectivity index (χ1) is 7.01. The van der Waals surface area contributed by atoms with Crippen molar-refractivity contribution >= 4 is 17.8 Å². The summed E-state index contributed by atoms with van der Waals surface area (Å²) in [5.41, 5.74) is 5.05. The van der Waals surface area contributed by atoms with Crippen LogP contribution >= 0.6 is 0 Å². The van der Waals surface area contributed by atoms with Crippen LogP contribution in [-0.4, -0.2) is 44.0 Å². The van der Waals surface area contributed by atoms with Crippen LogP contribution in [0.5, 0.6) is 0 Å². The Balaban J connectivity index is 3.89. The third-order valence-corrected chi connectivity index (χ3v) is 1.59. The van der Waals surface area contributed by atoms with Crippen molar-refractivity contribution in [1.29, 1.82) is 0 Å². The average molecular weight is 217 g/mol. The molecule has 7 heteroatoms. The van der Waals surface area contributed by atoms with Gasteiger partial charge in [0.05, 0.1) is 13.7 Å². The number of hydrogen-bond acceptors (Lipinski definition) is 5. The zero-order chi connectivity index (χ0) is 11.8. The van der Waals surface area contributed by atoms with Crippen LogP contribution in [0.15, 0.2) is 0 Å². The smallest absolute Gasteiger partial charge is 0.325 e. The number of ether oxygens (including phenoxy) is 1. The molecule has 0 rings (SSSR count). The summed E-state index contributed by atoms with van der Waals surface area (Å²) in [6.07, 6.45) is 0. The zero-order valence-corrected chi connectivity index (χ0v) is 8.70. The Hall–Kier alpha value is -1.63. The van der Waals surface area contributed by atoms with Crippen LogP contribution in [0.2, 0.25) is 0 Å². The molecular weight excluding hydrogens is 202 g/mol. The van der Waals surface area contributed by atoms with Crippen molar-refractivity contribution in [2.75, 3.05) is 20.2 Å². The fourth-order valence-corrected chi connectivity index (χ4v) is 0.751. The van der Waals surface area contributed by atoms with Crippen LogP contribution in [-0.2, 0) is 19.1 Å². The SMILES string of the molecule is COC(=O)CNC(=O)C(C)NC(=O)CN. The predicted octanol–water partition coefficient (Wildman–Crippen LogP) is -2.26. The van der Waals surface area contributed by atoms with E-state index >= 15 is 0 Å². The van der Waals surface area contributed by atoms with E-state index < -0.39 is 23.8 Å². The van der Waals surface area contributed by atoms with Crippen LogP contribution < -0.4 is 16.4 Å². The lowest BCUT2D eigenvalue weighted by Gasteiger charge is -2.12. The highest BCUT2D eigenvalue weighted by atomic mass is 16.5. The number of carbonyl (C=O) groups is 3. The summed E-state index contributed by atoms with van der Waals surface area (Å²) in [5, 5.41) is 4.64. The van der Waals surface area contributed by atoms with Gasteiger partial charge in [-0.15, -0.1) is 0 Å². The molecule has 15 heavy (non-hydrogen) atoms. The van der Waals surface area contributed by atoms with E-state index in [0.29, 0.717) is 0 Å². The van der Waals surface area contributed by atoms with E-state index in [1.807, 2.05) is 0 Å². The average Bonchev–Trinajstić information content (AvgIpc) is 2.24. The van der Waals surface area contributed by atoms with Gasteiger partial charge in [-0.2, -0.15) is 0 Å². The fourth-order valence-electron chi connectivity index (χ4n) is 0.751. The molecule has 0 aromatic carbocycles. The number of amides is 2. The molecule has 0 radical (unpaired) electrons. The minimum absolute atomic E-state index is 0.186. The minimum atomic E-state index is -0.731. The summed E-state index contributed by atoms with van der Waals surface area (Å²) >= 11 is 0. The van der Waals surface area contributed by atoms with E-state index in [1.54, 1.807) is 0 Å². The summed E-state index contributed by atoms with van der Waals surface area (Å²) in [7, 11) is 1.22. The van der Waals surface area contributed by atoms with Gasteiger partial charge in [0.25, 0.3) is 0 Å². The molecular formula is C8H15N3O4. The molecule has 0 aromatic heterocycles. The van der Waals surface area contributed by atoms with Gasteiger partial charge in [0.15, 0.2) is 0 Å². The molecule has 2 amide bonds. The lowest BCUT2D eigenvalue weighted by atomic mass is 10.3. The molecule has 1 atom stereocenters. The van der Waals surface area contributed by atoms with Gasteiger partial charge in [0.2, 0.25) is 11.8 Å². The van der Waals surface area contributed by atoms with Crippen molar-refractivity contribution in [2.45, 2.75) is 13.0 Å². The molecule has 0 saturated carbocycles. The van der Waals surface area contributed by atoms with Crippen molar-refractivity contribution < 1.29 is 19.1 Å². The van der Waals surface area contributed by atoms with E-state index in [4.69, 9.17) is 5.73 Å². The number of methoxy groups -OCH3 is 1. The molecule has 0 aliphatic rings. The first kappa shape index (κ1) is 13.4. The van der Waals surface area contributed by atoms with E-state index in [9.17, 15) is 14.4 Å². The summed E-state index contributed by atoms with van der Waals surface area (Å²) in [4.78, 5) is 32.7. The van der Waals surface area contributed by atoms with Crippen molar-refractivity contribution in [1.82, 2.24) is 10.6 Å². The third kappa shape index (κ3) is 5.63. The lowest BCUT2D eigenvalue weighted by molar-refractivity contribution is -0.141. The van der Waals surface area contributed by atoms with E-state index in [0.717, 1.165) is 0 Å². The second kappa shape index (κ2) is 6.77. The van der Waals surface area contributed by atoms with E-state index in [1.165, 1.54) is 14.0 Å². The Bertz CT molecular complexity index is 254. The van der Waals surface area contributed by atoms with Gasteiger partial charge in [0, 0.05) is 0 Å². The number of rotatable bonds is 5. The van der Waals surface area contributed by atoms with Crippen LogP contribution in [0.4, 0.5) is 0 Å². The number of nitrogens with one attached hydrogen (secondary N) is 2. The normalized spacial score (nSPS) is 11.4. The molecule has 0 saturated heterocycles. The largest absolute Gasteiger partial charge is 0.468 e. The molecule has 4 N–H and O–H groups in total. The molecule has 0 heterocycles. The Morgan fingerprint density at radius 2 is 2.00 bits per heavy atom. The van der Waals surface area contributed by atoms with Crippen LogP contribution in [0.25, 0.3) is 0 Å². The lowest BCUT2D eigenvalue weighted by Crippen LogP contribution is -2.47. The quantitative estimate of drug-likeness (QED) is 0.450. The van der Waals surface area contributed by atoms with Gasteiger partial charge >= 0.3 is 5.97 Å². The molecule has 0 aromatic rings. The highest BCUT2D eigenvalue weighted by molar-refractivity contribution is 5.89. The minimum Gasteiger partial charge on any atom is -0.468 e. The number of carbonyl (C=O) groups excluding carboxylic acids is 3. The molecule has 1 unspecified atom stereocenters. The molecule has 86 valence electrons. The maximum atomic E-state index is 11.2. The van der Waals surface area contributed by atoms with Crippen LogP contribution in [0.1, 0.15) is 6.92 Å². The summed E-state index contributed by atoms with van der Waals surface area (Å²) in [6, 6.07) is -0.731. The molecule has 7 nitrogen and oxygen atoms in total. The Morgan fingerprint density at radius 3 is 2.47 bits per heavy atom. The molecule has 0 fully saturated rings. The molecule has 0 aliphatic carbocycles. The molecule has 0 bridgehead atoms. The predicted molar refractivity (Wildman–Crippen MR) is 51.7 cm³/mol. The van der Waals surface area contributed by atoms with E-state index in [-0.39, 0.29) is 13.1 Å². The second-order valence-corrected chi connectivity index (χ2v) is 2.79. The number of nitrogens with two attached hydrogens (primary N) is 1. The summed E-state index contributed by atoms with van der Waals surface area (Å²) in [5.74, 6) is -1.46. The topological polar surface area (TPSA) is 111 Å². The molecule has 0 aliphatic heterocycles. The Kier molecular flexibility index (Phi) is 6.03. The number of hydrogen-bond donors (Lipinski definition) is 3. The second-order valence-electron chi connectivity index (χ2n) is 2.79. The highest BCUT2D eigenvalue weighted by Gasteiger charge is 2.15. The maximum Gasteiger partial charge on any atom is 0.325 e.